The van der Waals surface area contributed by atoms with E-state index in [1.165, 1.54) is 39.6 Å². The van der Waals surface area contributed by atoms with Crippen LogP contribution in [-0.2, 0) is 24.8 Å². The van der Waals surface area contributed by atoms with Gasteiger partial charge in [0.2, 0.25) is 10.0 Å². The van der Waals surface area contributed by atoms with E-state index in [-0.39, 0.29) is 22.9 Å². The van der Waals surface area contributed by atoms with Gasteiger partial charge in [0.25, 0.3) is 10.0 Å². The van der Waals surface area contributed by atoms with Crippen LogP contribution in [0.2, 0.25) is 0 Å². The minimum absolute atomic E-state index is 0.0326. The minimum atomic E-state index is -3.95. The number of morpholine rings is 1. The van der Waals surface area contributed by atoms with Gasteiger partial charge in [-0.1, -0.05) is 6.07 Å². The van der Waals surface area contributed by atoms with Crippen LogP contribution in [-0.4, -0.2) is 67.7 Å². The Morgan fingerprint density at radius 3 is 2.29 bits per heavy atom. The van der Waals surface area contributed by atoms with Crippen LogP contribution in [0.3, 0.4) is 0 Å². The third kappa shape index (κ3) is 4.30. The third-order valence-electron chi connectivity index (χ3n) is 4.89. The Hall–Kier alpha value is -2.87. The van der Waals surface area contributed by atoms with E-state index in [0.717, 1.165) is 0 Å². The van der Waals surface area contributed by atoms with Gasteiger partial charge in [0.05, 0.1) is 34.4 Å². The first-order valence-electron chi connectivity index (χ1n) is 9.33. The van der Waals surface area contributed by atoms with Crippen LogP contribution in [0.4, 0.5) is 5.69 Å². The fourth-order valence-corrected chi connectivity index (χ4v) is 5.72. The summed E-state index contributed by atoms with van der Waals surface area (Å²) < 4.78 is 61.7. The summed E-state index contributed by atoms with van der Waals surface area (Å²) in [7, 11) is -7.65. The van der Waals surface area contributed by atoms with Gasteiger partial charge in [-0.15, -0.1) is 5.10 Å². The summed E-state index contributed by atoms with van der Waals surface area (Å²) in [5.41, 5.74) is 1.61. The second kappa shape index (κ2) is 8.34. The molecule has 0 unspecified atom stereocenters. The molecule has 3 aromatic rings. The first-order chi connectivity index (χ1) is 14.8. The summed E-state index contributed by atoms with van der Waals surface area (Å²) >= 11 is 0. The lowest BCUT2D eigenvalue weighted by Crippen LogP contribution is -2.40. The van der Waals surface area contributed by atoms with Crippen molar-refractivity contribution in [3.05, 3.63) is 54.4 Å². The van der Waals surface area contributed by atoms with Crippen molar-refractivity contribution in [1.29, 1.82) is 0 Å². The Morgan fingerprint density at radius 2 is 1.65 bits per heavy atom. The molecule has 2 heterocycles. The lowest BCUT2D eigenvalue weighted by molar-refractivity contribution is 0.0730. The molecule has 13 heteroatoms. The third-order valence-corrected chi connectivity index (χ3v) is 8.18. The zero-order chi connectivity index (χ0) is 22.1. The van der Waals surface area contributed by atoms with Crippen LogP contribution >= 0.6 is 0 Å². The molecule has 0 aliphatic carbocycles. The van der Waals surface area contributed by atoms with Crippen LogP contribution < -0.4 is 4.72 Å². The Kier molecular flexibility index (Phi) is 5.75. The number of anilines is 1. The molecular weight excluding hydrogens is 444 g/mol. The van der Waals surface area contributed by atoms with Crippen LogP contribution in [0.1, 0.15) is 5.56 Å². The number of rotatable bonds is 6. The summed E-state index contributed by atoms with van der Waals surface area (Å²) in [4.78, 5) is -0.0223. The summed E-state index contributed by atoms with van der Waals surface area (Å²) in [5.74, 6) is 0. The van der Waals surface area contributed by atoms with Crippen molar-refractivity contribution in [2.24, 2.45) is 0 Å². The SMILES string of the molecule is Cc1c(NS(=O)(=O)c2ccc(S(=O)(=O)N3CCOCC3)cc2)cccc1-n1cnnn1. The van der Waals surface area contributed by atoms with Gasteiger partial charge in [-0.25, -0.2) is 21.5 Å². The second-order valence-corrected chi connectivity index (χ2v) is 10.4. The molecule has 0 saturated carbocycles. The Bertz CT molecular complexity index is 1270. The molecule has 31 heavy (non-hydrogen) atoms. The highest BCUT2D eigenvalue weighted by Crippen LogP contribution is 2.25. The van der Waals surface area contributed by atoms with E-state index in [4.69, 9.17) is 4.74 Å². The summed E-state index contributed by atoms with van der Waals surface area (Å²) in [6, 6.07) is 10.2. The minimum Gasteiger partial charge on any atom is -0.379 e. The van der Waals surface area contributed by atoms with Gasteiger partial charge in [0, 0.05) is 13.1 Å². The molecule has 1 aliphatic rings. The van der Waals surface area contributed by atoms with Crippen molar-refractivity contribution in [3.63, 3.8) is 0 Å². The quantitative estimate of drug-likeness (QED) is 0.565. The Balaban J connectivity index is 1.58. The Morgan fingerprint density at radius 1 is 0.968 bits per heavy atom. The molecule has 1 fully saturated rings. The van der Waals surface area contributed by atoms with E-state index < -0.39 is 20.0 Å². The molecule has 1 N–H and O–H groups in total. The van der Waals surface area contributed by atoms with E-state index in [2.05, 4.69) is 20.2 Å². The number of hydrogen-bond donors (Lipinski definition) is 1. The first kappa shape index (κ1) is 21.4. The van der Waals surface area contributed by atoms with Gasteiger partial charge >= 0.3 is 0 Å². The van der Waals surface area contributed by atoms with Crippen molar-refractivity contribution in [1.82, 2.24) is 24.5 Å². The largest absolute Gasteiger partial charge is 0.379 e. The number of hydrogen-bond acceptors (Lipinski definition) is 8. The zero-order valence-electron chi connectivity index (χ0n) is 16.5. The average Bonchev–Trinajstić information content (AvgIpc) is 3.30. The molecule has 11 nitrogen and oxygen atoms in total. The molecule has 0 bridgehead atoms. The molecule has 0 amide bonds. The number of ether oxygens (including phenoxy) is 1. The second-order valence-electron chi connectivity index (χ2n) is 6.80. The van der Waals surface area contributed by atoms with Gasteiger partial charge in [-0.3, -0.25) is 4.72 Å². The van der Waals surface area contributed by atoms with Gasteiger partial charge in [0.1, 0.15) is 6.33 Å². The molecule has 2 aromatic carbocycles. The van der Waals surface area contributed by atoms with Crippen molar-refractivity contribution < 1.29 is 21.6 Å². The van der Waals surface area contributed by atoms with Crippen LogP contribution in [0.15, 0.2) is 58.6 Å². The monoisotopic (exact) mass is 464 g/mol. The fraction of sp³-hybridized carbons (Fsp3) is 0.278. The van der Waals surface area contributed by atoms with Crippen molar-refractivity contribution in [3.8, 4) is 5.69 Å². The predicted octanol–water partition coefficient (Wildman–Crippen LogP) is 0.792. The number of benzene rings is 2. The standard InChI is InChI=1S/C18H20N6O5S2/c1-14-17(3-2-4-18(14)24-13-19-21-22-24)20-30(25,26)15-5-7-16(8-6-15)31(27,28)23-9-11-29-12-10-23/h2-8,13,20H,9-12H2,1H3. The smallest absolute Gasteiger partial charge is 0.261 e. The molecule has 0 radical (unpaired) electrons. The van der Waals surface area contributed by atoms with Gasteiger partial charge in [0.15, 0.2) is 0 Å². The molecule has 4 rings (SSSR count). The topological polar surface area (TPSA) is 136 Å². The lowest BCUT2D eigenvalue weighted by Gasteiger charge is -2.26. The summed E-state index contributed by atoms with van der Waals surface area (Å²) in [6.07, 6.45) is 1.41. The molecule has 1 aromatic heterocycles. The maximum Gasteiger partial charge on any atom is 0.261 e. The van der Waals surface area contributed by atoms with E-state index >= 15 is 0 Å². The highest BCUT2D eigenvalue weighted by atomic mass is 32.2. The number of nitrogens with one attached hydrogen (secondary N) is 1. The molecule has 1 aliphatic heterocycles. The molecule has 0 spiro atoms. The van der Waals surface area contributed by atoms with Crippen LogP contribution in [0.25, 0.3) is 5.69 Å². The fourth-order valence-electron chi connectivity index (χ4n) is 3.18. The Labute approximate surface area is 179 Å². The average molecular weight is 465 g/mol. The van der Waals surface area contributed by atoms with Crippen molar-refractivity contribution in [2.45, 2.75) is 16.7 Å². The van der Waals surface area contributed by atoms with Crippen LogP contribution in [0, 0.1) is 6.92 Å². The molecule has 0 atom stereocenters. The van der Waals surface area contributed by atoms with Gasteiger partial charge in [-0.2, -0.15) is 4.31 Å². The summed E-state index contributed by atoms with van der Waals surface area (Å²) in [5, 5.41) is 11.0. The maximum atomic E-state index is 12.9. The van der Waals surface area contributed by atoms with Crippen molar-refractivity contribution >= 4 is 25.7 Å². The van der Waals surface area contributed by atoms with Crippen LogP contribution in [0.5, 0.6) is 0 Å². The molecule has 164 valence electrons. The predicted molar refractivity (Wildman–Crippen MR) is 111 cm³/mol. The number of nitrogens with zero attached hydrogens (tertiary/aromatic N) is 5. The maximum absolute atomic E-state index is 12.9. The van der Waals surface area contributed by atoms with Gasteiger partial charge < -0.3 is 4.74 Å². The van der Waals surface area contributed by atoms with E-state index in [1.807, 2.05) is 0 Å². The number of aromatic nitrogens is 4. The number of tetrazole rings is 1. The van der Waals surface area contributed by atoms with E-state index in [0.29, 0.717) is 30.2 Å². The van der Waals surface area contributed by atoms with E-state index in [9.17, 15) is 16.8 Å². The lowest BCUT2D eigenvalue weighted by atomic mass is 10.1. The molecular formula is C18H20N6O5S2. The van der Waals surface area contributed by atoms with Gasteiger partial charge in [-0.05, 0) is 59.3 Å². The van der Waals surface area contributed by atoms with Crippen molar-refractivity contribution in [2.75, 3.05) is 31.0 Å². The summed E-state index contributed by atoms with van der Waals surface area (Å²) in [6.45, 7) is 2.94. The number of sulfonamides is 2. The zero-order valence-corrected chi connectivity index (χ0v) is 18.2. The highest BCUT2D eigenvalue weighted by Gasteiger charge is 2.27. The molecule has 1 saturated heterocycles. The first-order valence-corrected chi connectivity index (χ1v) is 12.3. The highest BCUT2D eigenvalue weighted by molar-refractivity contribution is 7.92. The van der Waals surface area contributed by atoms with E-state index in [1.54, 1.807) is 25.1 Å². The normalized spacial score (nSPS) is 15.6.